The van der Waals surface area contributed by atoms with E-state index in [1.54, 1.807) is 0 Å². The summed E-state index contributed by atoms with van der Waals surface area (Å²) >= 11 is 6.09. The SMILES string of the molecule is [2H]C1=C[C@@H](n2ccc3c(Cl)ncnc32)[C@@H]2OC(C)(C)O[C@H]12. The molecule has 0 amide bonds. The molecule has 0 saturated carbocycles. The highest BCUT2D eigenvalue weighted by molar-refractivity contribution is 6.33. The Hall–Kier alpha value is -1.43. The van der Waals surface area contributed by atoms with E-state index in [1.807, 2.05) is 36.8 Å². The van der Waals surface area contributed by atoms with Crippen LogP contribution in [-0.2, 0) is 9.47 Å². The fraction of sp³-hybridized carbons (Fsp3) is 0.429. The smallest absolute Gasteiger partial charge is 0.164 e. The number of hydrogen-bond donors (Lipinski definition) is 0. The lowest BCUT2D eigenvalue weighted by Gasteiger charge is -2.22. The van der Waals surface area contributed by atoms with Crippen molar-refractivity contribution in [3.8, 4) is 0 Å². The Labute approximate surface area is 122 Å². The van der Waals surface area contributed by atoms with Crippen LogP contribution in [0.2, 0.25) is 5.15 Å². The molecule has 0 N–H and O–H groups in total. The van der Waals surface area contributed by atoms with Crippen molar-refractivity contribution in [3.05, 3.63) is 35.9 Å². The Balaban J connectivity index is 1.81. The Morgan fingerprint density at radius 3 is 3.10 bits per heavy atom. The molecule has 20 heavy (non-hydrogen) atoms. The van der Waals surface area contributed by atoms with Crippen molar-refractivity contribution in [1.82, 2.24) is 14.5 Å². The summed E-state index contributed by atoms with van der Waals surface area (Å²) in [4.78, 5) is 8.29. The van der Waals surface area contributed by atoms with Crippen molar-refractivity contribution in [3.63, 3.8) is 0 Å². The van der Waals surface area contributed by atoms with E-state index in [1.165, 1.54) is 6.33 Å². The predicted molar refractivity (Wildman–Crippen MR) is 74.5 cm³/mol. The summed E-state index contributed by atoms with van der Waals surface area (Å²) in [6, 6.07) is 2.19. The molecular formula is C14H14ClN3O2. The molecule has 6 heteroatoms. The first kappa shape index (κ1) is 11.3. The first-order valence-corrected chi connectivity index (χ1v) is 6.85. The van der Waals surface area contributed by atoms with Gasteiger partial charge >= 0.3 is 0 Å². The second-order valence-electron chi connectivity index (χ2n) is 5.47. The van der Waals surface area contributed by atoms with Crippen LogP contribution in [0, 0.1) is 0 Å². The van der Waals surface area contributed by atoms with Gasteiger partial charge in [-0.15, -0.1) is 0 Å². The van der Waals surface area contributed by atoms with E-state index in [0.717, 1.165) is 11.0 Å². The highest BCUT2D eigenvalue weighted by atomic mass is 35.5. The number of ether oxygens (including phenoxy) is 2. The van der Waals surface area contributed by atoms with Crippen LogP contribution in [0.3, 0.4) is 0 Å². The molecule has 2 aliphatic rings. The number of rotatable bonds is 1. The van der Waals surface area contributed by atoms with Gasteiger partial charge < -0.3 is 14.0 Å². The van der Waals surface area contributed by atoms with Gasteiger partial charge in [-0.05, 0) is 19.9 Å². The maximum atomic E-state index is 8.10. The Kier molecular flexibility index (Phi) is 2.27. The number of hydrogen-bond acceptors (Lipinski definition) is 4. The van der Waals surface area contributed by atoms with Gasteiger partial charge in [-0.1, -0.05) is 23.7 Å². The van der Waals surface area contributed by atoms with Crippen molar-refractivity contribution in [2.24, 2.45) is 0 Å². The average Bonchev–Trinajstić information content (AvgIpc) is 3.04. The molecule has 3 heterocycles. The quantitative estimate of drug-likeness (QED) is 0.599. The van der Waals surface area contributed by atoms with Crippen molar-refractivity contribution < 1.29 is 10.8 Å². The minimum atomic E-state index is -0.677. The van der Waals surface area contributed by atoms with Crippen molar-refractivity contribution in [2.45, 2.75) is 37.9 Å². The molecular weight excluding hydrogens is 278 g/mol. The Bertz CT molecular complexity index is 758. The maximum absolute atomic E-state index is 8.10. The van der Waals surface area contributed by atoms with Gasteiger partial charge in [-0.3, -0.25) is 0 Å². The molecule has 2 aromatic rings. The number of fused-ring (bicyclic) bond motifs is 2. The van der Waals surface area contributed by atoms with Gasteiger partial charge in [0.15, 0.2) is 5.79 Å². The number of halogens is 1. The summed E-state index contributed by atoms with van der Waals surface area (Å²) in [6.07, 6.45) is 4.63. The molecule has 0 bridgehead atoms. The van der Waals surface area contributed by atoms with Crippen LogP contribution in [0.5, 0.6) is 0 Å². The van der Waals surface area contributed by atoms with Crippen LogP contribution < -0.4 is 0 Å². The summed E-state index contributed by atoms with van der Waals surface area (Å²) < 4.78 is 21.8. The minimum Gasteiger partial charge on any atom is -0.342 e. The molecule has 0 spiro atoms. The van der Waals surface area contributed by atoms with Crippen LogP contribution in [0.25, 0.3) is 11.0 Å². The van der Waals surface area contributed by atoms with Crippen LogP contribution in [0.1, 0.15) is 21.3 Å². The van der Waals surface area contributed by atoms with Gasteiger partial charge in [0.05, 0.1) is 12.8 Å². The lowest BCUT2D eigenvalue weighted by Crippen LogP contribution is -2.27. The zero-order valence-corrected chi connectivity index (χ0v) is 11.8. The van der Waals surface area contributed by atoms with Crippen LogP contribution in [-0.4, -0.2) is 32.5 Å². The van der Waals surface area contributed by atoms with Crippen LogP contribution >= 0.6 is 11.6 Å². The predicted octanol–water partition coefficient (Wildman–Crippen LogP) is 2.72. The van der Waals surface area contributed by atoms with Crippen molar-refractivity contribution >= 4 is 22.6 Å². The largest absolute Gasteiger partial charge is 0.342 e. The molecule has 0 radical (unpaired) electrons. The molecule has 0 unspecified atom stereocenters. The molecule has 5 nitrogen and oxygen atoms in total. The van der Waals surface area contributed by atoms with Crippen molar-refractivity contribution in [2.75, 3.05) is 0 Å². The topological polar surface area (TPSA) is 49.2 Å². The van der Waals surface area contributed by atoms with E-state index < -0.39 is 5.79 Å². The summed E-state index contributed by atoms with van der Waals surface area (Å²) in [5, 5.41) is 1.22. The molecule has 2 aromatic heterocycles. The van der Waals surface area contributed by atoms with Gasteiger partial charge in [0.1, 0.15) is 29.3 Å². The molecule has 4 rings (SSSR count). The summed E-state index contributed by atoms with van der Waals surface area (Å²) in [5.41, 5.74) is 0.734. The fourth-order valence-electron chi connectivity index (χ4n) is 2.88. The average molecular weight is 293 g/mol. The molecule has 1 saturated heterocycles. The van der Waals surface area contributed by atoms with Gasteiger partial charge in [0.25, 0.3) is 0 Å². The van der Waals surface area contributed by atoms with E-state index >= 15 is 0 Å². The molecule has 104 valence electrons. The van der Waals surface area contributed by atoms with Gasteiger partial charge in [0.2, 0.25) is 0 Å². The zero-order chi connectivity index (χ0) is 14.8. The van der Waals surface area contributed by atoms with Crippen LogP contribution in [0.4, 0.5) is 0 Å². The molecule has 1 aliphatic heterocycles. The Morgan fingerprint density at radius 2 is 2.25 bits per heavy atom. The highest BCUT2D eigenvalue weighted by Gasteiger charge is 2.47. The lowest BCUT2D eigenvalue weighted by atomic mass is 10.2. The number of nitrogens with zero attached hydrogens (tertiary/aromatic N) is 3. The van der Waals surface area contributed by atoms with E-state index in [-0.39, 0.29) is 18.2 Å². The molecule has 3 atom stereocenters. The van der Waals surface area contributed by atoms with Crippen molar-refractivity contribution in [1.29, 1.82) is 0 Å². The third-order valence-electron chi connectivity index (χ3n) is 3.68. The second-order valence-corrected chi connectivity index (χ2v) is 5.83. The molecule has 1 fully saturated rings. The minimum absolute atomic E-state index is 0.132. The highest BCUT2D eigenvalue weighted by Crippen LogP contribution is 2.40. The summed E-state index contributed by atoms with van der Waals surface area (Å²) in [5.74, 6) is -0.677. The first-order chi connectivity index (χ1) is 9.96. The third kappa shape index (κ3) is 1.70. The third-order valence-corrected chi connectivity index (χ3v) is 3.98. The van der Waals surface area contributed by atoms with E-state index in [4.69, 9.17) is 22.4 Å². The fourth-order valence-corrected chi connectivity index (χ4v) is 3.07. The summed E-state index contributed by atoms with van der Waals surface area (Å²) in [6.45, 7) is 3.73. The van der Waals surface area contributed by atoms with E-state index in [2.05, 4.69) is 9.97 Å². The van der Waals surface area contributed by atoms with Gasteiger partial charge in [-0.25, -0.2) is 9.97 Å². The maximum Gasteiger partial charge on any atom is 0.164 e. The first-order valence-electron chi connectivity index (χ1n) is 6.97. The monoisotopic (exact) mass is 292 g/mol. The second kappa shape index (κ2) is 4.04. The number of aromatic nitrogens is 3. The van der Waals surface area contributed by atoms with Crippen LogP contribution in [0.15, 0.2) is 30.7 Å². The Morgan fingerprint density at radius 1 is 1.40 bits per heavy atom. The molecule has 0 aromatic carbocycles. The van der Waals surface area contributed by atoms with Gasteiger partial charge in [0, 0.05) is 6.20 Å². The van der Waals surface area contributed by atoms with Gasteiger partial charge in [-0.2, -0.15) is 0 Å². The van der Waals surface area contributed by atoms with E-state index in [9.17, 15) is 0 Å². The zero-order valence-electron chi connectivity index (χ0n) is 12.1. The normalized spacial score (nSPS) is 32.2. The standard InChI is InChI=1S/C14H14ClN3O2/c1-14(2)19-10-4-3-9(11(10)20-14)18-6-5-8-12(15)16-7-17-13(8)18/h3-7,9-11H,1-2H3/t9-,10-,11+/m1/s1/i4D. The van der Waals surface area contributed by atoms with E-state index in [0.29, 0.717) is 11.2 Å². The molecule has 1 aliphatic carbocycles. The summed E-state index contributed by atoms with van der Waals surface area (Å²) in [7, 11) is 0. The lowest BCUT2D eigenvalue weighted by molar-refractivity contribution is -0.146.